The van der Waals surface area contributed by atoms with Crippen LogP contribution in [-0.4, -0.2) is 51.4 Å². The molecule has 0 aromatic rings. The van der Waals surface area contributed by atoms with Crippen molar-refractivity contribution in [1.82, 2.24) is 0 Å². The third kappa shape index (κ3) is 2.43. The summed E-state index contributed by atoms with van der Waals surface area (Å²) >= 11 is 0. The monoisotopic (exact) mass is 300 g/mol. The zero-order chi connectivity index (χ0) is 14.1. The van der Waals surface area contributed by atoms with Gasteiger partial charge in [-0.3, -0.25) is 0 Å². The smallest absolute Gasteiger partial charge is 0.184 e. The lowest BCUT2D eigenvalue weighted by atomic mass is 10.5. The predicted molar refractivity (Wildman–Crippen MR) is 67.6 cm³/mol. The van der Waals surface area contributed by atoms with E-state index >= 15 is 0 Å². The van der Waals surface area contributed by atoms with Gasteiger partial charge in [0.1, 0.15) is 10.5 Å². The molecule has 0 saturated carbocycles. The molecule has 1 aliphatic heterocycles. The van der Waals surface area contributed by atoms with Crippen LogP contribution in [0.2, 0.25) is 0 Å². The molecule has 0 amide bonds. The maximum atomic E-state index is 12.2. The van der Waals surface area contributed by atoms with Crippen LogP contribution in [0.4, 0.5) is 0 Å². The minimum Gasteiger partial charge on any atom is -0.361 e. The van der Waals surface area contributed by atoms with Crippen molar-refractivity contribution in [2.45, 2.75) is 49.1 Å². The predicted octanol–water partition coefficient (Wildman–Crippen LogP) is 0.332. The van der Waals surface area contributed by atoms with E-state index in [9.17, 15) is 16.8 Å². The van der Waals surface area contributed by atoms with Crippen LogP contribution in [-0.2, 0) is 29.1 Å². The van der Waals surface area contributed by atoms with Crippen molar-refractivity contribution >= 4 is 19.7 Å². The Kier molecular flexibility index (Phi) is 4.80. The van der Waals surface area contributed by atoms with E-state index in [1.807, 2.05) is 0 Å². The number of rotatable bonds is 4. The first kappa shape index (κ1) is 15.9. The summed E-state index contributed by atoms with van der Waals surface area (Å²) in [6.45, 7) is 6.27. The lowest BCUT2D eigenvalue weighted by Crippen LogP contribution is -2.58. The molecule has 0 aromatic heterocycles. The molecule has 1 heterocycles. The lowest BCUT2D eigenvalue weighted by Gasteiger charge is -2.37. The second-order valence-electron chi connectivity index (χ2n) is 4.24. The molecule has 108 valence electrons. The minimum atomic E-state index is -3.68. The van der Waals surface area contributed by atoms with Gasteiger partial charge in [0, 0.05) is 13.2 Å². The Hall–Kier alpha value is -0.180. The Bertz CT molecular complexity index is 434. The number of ether oxygens (including phenoxy) is 2. The summed E-state index contributed by atoms with van der Waals surface area (Å²) in [5.74, 6) is 0. The van der Waals surface area contributed by atoms with Gasteiger partial charge in [-0.05, 0) is 27.7 Å². The zero-order valence-electron chi connectivity index (χ0n) is 11.0. The summed E-state index contributed by atoms with van der Waals surface area (Å²) in [6.07, 6.45) is 0. The Morgan fingerprint density at radius 3 is 1.28 bits per heavy atom. The second kappa shape index (κ2) is 5.44. The van der Waals surface area contributed by atoms with Crippen molar-refractivity contribution in [1.29, 1.82) is 0 Å². The number of hydrogen-bond acceptors (Lipinski definition) is 6. The molecule has 0 N–H and O–H groups in total. The van der Waals surface area contributed by atoms with E-state index in [0.717, 1.165) is 0 Å². The first-order valence-corrected chi connectivity index (χ1v) is 9.11. The van der Waals surface area contributed by atoms with Crippen LogP contribution in [0, 0.1) is 0 Å². The van der Waals surface area contributed by atoms with Crippen molar-refractivity contribution < 1.29 is 26.3 Å². The highest BCUT2D eigenvalue weighted by Crippen LogP contribution is 2.33. The van der Waals surface area contributed by atoms with Gasteiger partial charge in [0.05, 0.1) is 0 Å². The van der Waals surface area contributed by atoms with E-state index in [-0.39, 0.29) is 13.2 Å². The molecule has 1 saturated heterocycles. The Morgan fingerprint density at radius 1 is 0.778 bits per heavy atom. The molecule has 1 aliphatic rings. The molecule has 1 rings (SSSR count). The third-order valence-corrected chi connectivity index (χ3v) is 8.41. The summed E-state index contributed by atoms with van der Waals surface area (Å²) in [5.41, 5.74) is -2.61. The van der Waals surface area contributed by atoms with Gasteiger partial charge in [0.2, 0.25) is 0 Å². The van der Waals surface area contributed by atoms with Crippen molar-refractivity contribution in [2.24, 2.45) is 0 Å². The van der Waals surface area contributed by atoms with Crippen molar-refractivity contribution in [3.8, 4) is 0 Å². The van der Waals surface area contributed by atoms with E-state index in [2.05, 4.69) is 0 Å². The molecule has 18 heavy (non-hydrogen) atoms. The van der Waals surface area contributed by atoms with Crippen LogP contribution in [0.3, 0.4) is 0 Å². The van der Waals surface area contributed by atoms with E-state index in [1.165, 1.54) is 13.8 Å². The molecule has 0 aliphatic carbocycles. The summed E-state index contributed by atoms with van der Waals surface area (Å²) < 4.78 is 59.1. The van der Waals surface area contributed by atoms with E-state index < -0.39 is 41.0 Å². The number of sulfone groups is 2. The fraction of sp³-hybridized carbons (Fsp3) is 1.00. The van der Waals surface area contributed by atoms with Gasteiger partial charge >= 0.3 is 0 Å². The Morgan fingerprint density at radius 2 is 1.06 bits per heavy atom. The highest BCUT2D eigenvalue weighted by Gasteiger charge is 2.55. The molecule has 0 spiro atoms. The van der Waals surface area contributed by atoms with Crippen LogP contribution < -0.4 is 0 Å². The summed E-state index contributed by atoms with van der Waals surface area (Å²) in [6, 6.07) is 0. The molecule has 4 unspecified atom stereocenters. The standard InChI is InChI=1S/C10H20O6S2/c1-5-15-9-7(3)18(13,14)10(16-6-2)8(4)17(9,11)12/h7-10H,5-6H2,1-4H3. The topological polar surface area (TPSA) is 86.7 Å². The average molecular weight is 300 g/mol. The van der Waals surface area contributed by atoms with Gasteiger partial charge in [-0.25, -0.2) is 16.8 Å². The molecule has 0 radical (unpaired) electrons. The van der Waals surface area contributed by atoms with Crippen LogP contribution in [0.25, 0.3) is 0 Å². The van der Waals surface area contributed by atoms with Gasteiger partial charge in [-0.1, -0.05) is 0 Å². The van der Waals surface area contributed by atoms with Crippen LogP contribution in [0.15, 0.2) is 0 Å². The normalized spacial score (nSPS) is 38.4. The zero-order valence-corrected chi connectivity index (χ0v) is 12.6. The van der Waals surface area contributed by atoms with E-state index in [4.69, 9.17) is 9.47 Å². The Labute approximate surface area is 108 Å². The van der Waals surface area contributed by atoms with E-state index in [0.29, 0.717) is 0 Å². The van der Waals surface area contributed by atoms with Gasteiger partial charge in [0.25, 0.3) is 0 Å². The highest BCUT2D eigenvalue weighted by molar-refractivity contribution is 8.00. The van der Waals surface area contributed by atoms with Crippen LogP contribution in [0.5, 0.6) is 0 Å². The SMILES string of the molecule is CCOC1C(C)S(=O)(=O)C(OCC)C(C)S1(=O)=O. The van der Waals surface area contributed by atoms with Gasteiger partial charge in [0.15, 0.2) is 30.5 Å². The van der Waals surface area contributed by atoms with Crippen LogP contribution >= 0.6 is 0 Å². The molecular formula is C10H20O6S2. The first-order valence-electron chi connectivity index (χ1n) is 5.89. The number of hydrogen-bond donors (Lipinski definition) is 0. The largest absolute Gasteiger partial charge is 0.361 e. The maximum Gasteiger partial charge on any atom is 0.184 e. The molecule has 0 bridgehead atoms. The summed E-state index contributed by atoms with van der Waals surface area (Å²) in [7, 11) is -7.36. The fourth-order valence-corrected chi connectivity index (χ4v) is 7.26. The minimum absolute atomic E-state index is 0.149. The van der Waals surface area contributed by atoms with Gasteiger partial charge < -0.3 is 9.47 Å². The summed E-state index contributed by atoms with van der Waals surface area (Å²) in [4.78, 5) is 0. The quantitative estimate of drug-likeness (QED) is 0.743. The molecule has 8 heteroatoms. The maximum absolute atomic E-state index is 12.2. The third-order valence-electron chi connectivity index (χ3n) is 3.11. The highest BCUT2D eigenvalue weighted by atomic mass is 32.2. The molecular weight excluding hydrogens is 280 g/mol. The summed E-state index contributed by atoms with van der Waals surface area (Å²) in [5, 5.41) is -2.23. The van der Waals surface area contributed by atoms with Crippen molar-refractivity contribution in [3.63, 3.8) is 0 Å². The average Bonchev–Trinajstić information content (AvgIpc) is 2.29. The van der Waals surface area contributed by atoms with E-state index in [1.54, 1.807) is 13.8 Å². The molecule has 1 fully saturated rings. The first-order chi connectivity index (χ1) is 8.21. The molecule has 0 aromatic carbocycles. The molecule has 4 atom stereocenters. The van der Waals surface area contributed by atoms with Crippen LogP contribution in [0.1, 0.15) is 27.7 Å². The van der Waals surface area contributed by atoms with Crippen molar-refractivity contribution in [2.75, 3.05) is 13.2 Å². The van der Waals surface area contributed by atoms with Crippen molar-refractivity contribution in [3.05, 3.63) is 0 Å². The second-order valence-corrected chi connectivity index (χ2v) is 9.01. The Balaban J connectivity index is 3.28. The van der Waals surface area contributed by atoms with Gasteiger partial charge in [-0.2, -0.15) is 0 Å². The fourth-order valence-electron chi connectivity index (χ4n) is 2.06. The molecule has 6 nitrogen and oxygen atoms in total. The van der Waals surface area contributed by atoms with Gasteiger partial charge in [-0.15, -0.1) is 0 Å². The lowest BCUT2D eigenvalue weighted by molar-refractivity contribution is 0.0878.